The highest BCUT2D eigenvalue weighted by Crippen LogP contribution is 2.65. The lowest BCUT2D eigenvalue weighted by molar-refractivity contribution is -0.169. The van der Waals surface area contributed by atoms with Gasteiger partial charge in [0, 0.05) is 29.5 Å². The number of carbonyl (C=O) groups excluding carboxylic acids is 2. The summed E-state index contributed by atoms with van der Waals surface area (Å²) in [6.45, 7) is 12.5. The molecule has 0 radical (unpaired) electrons. The first-order chi connectivity index (χ1) is 15.5. The number of carbonyl (C=O) groups is 2. The highest BCUT2D eigenvalue weighted by molar-refractivity contribution is 6.00. The van der Waals surface area contributed by atoms with Crippen LogP contribution in [0.5, 0.6) is 5.75 Å². The van der Waals surface area contributed by atoms with Gasteiger partial charge in [0.1, 0.15) is 23.3 Å². The van der Waals surface area contributed by atoms with Crippen molar-refractivity contribution in [3.63, 3.8) is 0 Å². The molecule has 2 N–H and O–H groups in total. The highest BCUT2D eigenvalue weighted by Gasteiger charge is 2.76. The molecule has 33 heavy (non-hydrogen) atoms. The molecule has 5 aliphatic rings. The number of nitrogens with zero attached hydrogens (tertiary/aromatic N) is 2. The Hall–Kier alpha value is -2.80. The van der Waals surface area contributed by atoms with Crippen LogP contribution < -0.4 is 10.1 Å². The second-order valence-electron chi connectivity index (χ2n) is 11.2. The number of hydrogen-bond donors (Lipinski definition) is 2. The third-order valence-electron chi connectivity index (χ3n) is 8.52. The van der Waals surface area contributed by atoms with Gasteiger partial charge < -0.3 is 25.0 Å². The molecule has 7 nitrogen and oxygen atoms in total. The quantitative estimate of drug-likeness (QED) is 0.679. The minimum absolute atomic E-state index is 0.0687. The topological polar surface area (TPSA) is 82.1 Å². The molecule has 7 heteroatoms. The molecule has 174 valence electrons. The molecule has 1 aromatic rings. The van der Waals surface area contributed by atoms with E-state index in [0.29, 0.717) is 30.0 Å². The summed E-state index contributed by atoms with van der Waals surface area (Å²) in [5.74, 6) is 0.496. The molecular formula is C26H31N3O4. The Morgan fingerprint density at radius 3 is 2.73 bits per heavy atom. The molecule has 0 aliphatic carbocycles. The molecule has 0 unspecified atom stereocenters. The van der Waals surface area contributed by atoms with Crippen molar-refractivity contribution in [3.05, 3.63) is 42.0 Å². The first kappa shape index (κ1) is 20.8. The van der Waals surface area contributed by atoms with Crippen molar-refractivity contribution >= 4 is 23.6 Å². The molecule has 0 bridgehead atoms. The molecule has 5 aliphatic heterocycles. The summed E-state index contributed by atoms with van der Waals surface area (Å²) in [5.41, 5.74) is -1.75. The van der Waals surface area contributed by atoms with Gasteiger partial charge in [0.05, 0.1) is 5.69 Å². The van der Waals surface area contributed by atoms with Crippen molar-refractivity contribution < 1.29 is 19.4 Å². The van der Waals surface area contributed by atoms with E-state index in [-0.39, 0.29) is 18.2 Å². The average Bonchev–Trinajstić information content (AvgIpc) is 3.41. The van der Waals surface area contributed by atoms with Gasteiger partial charge in [0.15, 0.2) is 11.4 Å². The highest BCUT2D eigenvalue weighted by atomic mass is 16.5. The second-order valence-corrected chi connectivity index (χ2v) is 11.2. The van der Waals surface area contributed by atoms with Crippen LogP contribution in [0.2, 0.25) is 0 Å². The minimum atomic E-state index is -1.49. The van der Waals surface area contributed by atoms with Crippen molar-refractivity contribution in [2.45, 2.75) is 75.9 Å². The van der Waals surface area contributed by atoms with Gasteiger partial charge in [-0.2, -0.15) is 0 Å². The van der Waals surface area contributed by atoms with Gasteiger partial charge in [0.25, 0.3) is 0 Å². The molecule has 0 aromatic heterocycles. The number of amides is 2. The van der Waals surface area contributed by atoms with Gasteiger partial charge in [-0.15, -0.1) is 6.58 Å². The van der Waals surface area contributed by atoms with Crippen LogP contribution in [0.15, 0.2) is 30.9 Å². The fraction of sp³-hybridized carbons (Fsp3) is 0.538. The van der Waals surface area contributed by atoms with E-state index in [2.05, 4.69) is 11.9 Å². The zero-order chi connectivity index (χ0) is 23.6. The first-order valence-corrected chi connectivity index (χ1v) is 11.8. The lowest BCUT2D eigenvalue weighted by Gasteiger charge is -2.54. The van der Waals surface area contributed by atoms with Crippen molar-refractivity contribution in [1.29, 1.82) is 0 Å². The van der Waals surface area contributed by atoms with E-state index >= 15 is 0 Å². The number of anilines is 1. The Labute approximate surface area is 194 Å². The number of ether oxygens (including phenoxy) is 1. The predicted molar refractivity (Wildman–Crippen MR) is 124 cm³/mol. The Morgan fingerprint density at radius 1 is 1.24 bits per heavy atom. The van der Waals surface area contributed by atoms with Gasteiger partial charge in [-0.1, -0.05) is 38.1 Å². The molecule has 3 fully saturated rings. The van der Waals surface area contributed by atoms with Crippen LogP contribution in [0.3, 0.4) is 0 Å². The molecule has 2 amide bonds. The van der Waals surface area contributed by atoms with Crippen molar-refractivity contribution in [1.82, 2.24) is 9.80 Å². The lowest BCUT2D eigenvalue weighted by Crippen LogP contribution is -2.73. The van der Waals surface area contributed by atoms with Crippen molar-refractivity contribution in [2.24, 2.45) is 5.41 Å². The smallest absolute Gasteiger partial charge is 0.248 e. The van der Waals surface area contributed by atoms with Crippen LogP contribution >= 0.6 is 0 Å². The molecule has 0 saturated carbocycles. The van der Waals surface area contributed by atoms with Crippen LogP contribution in [0, 0.1) is 5.41 Å². The first-order valence-electron chi connectivity index (χ1n) is 11.8. The van der Waals surface area contributed by atoms with Gasteiger partial charge in [-0.05, 0) is 32.8 Å². The van der Waals surface area contributed by atoms with E-state index in [0.717, 1.165) is 12.0 Å². The number of hydrogen-bond acceptors (Lipinski definition) is 5. The molecule has 5 heterocycles. The summed E-state index contributed by atoms with van der Waals surface area (Å²) in [6.07, 6.45) is 7.42. The molecule has 6 rings (SSSR count). The SMILES string of the molecule is C=CC(C)(C)[C@]12Nc3c(ccc4c3OC(C)(C)C=C4)[C@]1(O)C[C@H]1C(=O)N3CCC[C@H]3C(=O)N12. The molecule has 0 spiro atoms. The Kier molecular flexibility index (Phi) is 3.78. The number of aliphatic hydroxyl groups is 1. The maximum atomic E-state index is 13.9. The van der Waals surface area contributed by atoms with Gasteiger partial charge in [0.2, 0.25) is 11.8 Å². The average molecular weight is 450 g/mol. The monoisotopic (exact) mass is 449 g/mol. The zero-order valence-corrected chi connectivity index (χ0v) is 19.6. The van der Waals surface area contributed by atoms with Gasteiger partial charge >= 0.3 is 0 Å². The Morgan fingerprint density at radius 2 is 2.00 bits per heavy atom. The van der Waals surface area contributed by atoms with E-state index in [1.165, 1.54) is 0 Å². The van der Waals surface area contributed by atoms with Crippen LogP contribution in [0.4, 0.5) is 5.69 Å². The third kappa shape index (κ3) is 2.24. The molecule has 1 aromatic carbocycles. The van der Waals surface area contributed by atoms with Crippen LogP contribution in [-0.4, -0.2) is 56.6 Å². The number of benzene rings is 1. The molecule has 3 saturated heterocycles. The summed E-state index contributed by atoms with van der Waals surface area (Å²) in [4.78, 5) is 30.8. The lowest BCUT2D eigenvalue weighted by atomic mass is 9.68. The van der Waals surface area contributed by atoms with Crippen LogP contribution in [0.25, 0.3) is 6.08 Å². The predicted octanol–water partition coefficient (Wildman–Crippen LogP) is 3.00. The second kappa shape index (κ2) is 6.00. The third-order valence-corrected chi connectivity index (χ3v) is 8.52. The number of nitrogens with one attached hydrogen (secondary N) is 1. The molecule has 4 atom stereocenters. The largest absolute Gasteiger partial charge is 0.481 e. The summed E-state index contributed by atoms with van der Waals surface area (Å²) >= 11 is 0. The summed E-state index contributed by atoms with van der Waals surface area (Å²) in [7, 11) is 0. The maximum absolute atomic E-state index is 13.9. The van der Waals surface area contributed by atoms with E-state index in [1.807, 2.05) is 52.0 Å². The van der Waals surface area contributed by atoms with E-state index < -0.39 is 34.4 Å². The zero-order valence-electron chi connectivity index (χ0n) is 19.6. The fourth-order valence-corrected chi connectivity index (χ4v) is 6.81. The molecular weight excluding hydrogens is 418 g/mol. The van der Waals surface area contributed by atoms with E-state index in [4.69, 9.17) is 4.74 Å². The number of piperazine rings is 1. The summed E-state index contributed by atoms with van der Waals surface area (Å²) in [5, 5.41) is 16.1. The van der Waals surface area contributed by atoms with E-state index in [1.54, 1.807) is 15.9 Å². The Bertz CT molecular complexity index is 1150. The Balaban J connectivity index is 1.60. The fourth-order valence-electron chi connectivity index (χ4n) is 6.81. The summed E-state index contributed by atoms with van der Waals surface area (Å²) in [6, 6.07) is 2.66. The standard InChI is InChI=1S/C26H31N3O4/c1-6-23(2,3)26-25(32,14-18-21(30)28-13-7-8-17(28)22(31)29(18)26)16-10-9-15-11-12-24(4,5)33-20(15)19(16)27-26/h6,9-12,17-18,27,32H,1,7-8,13-14H2,2-5H3/t17-,18-,25+,26+/m0/s1. The van der Waals surface area contributed by atoms with Crippen molar-refractivity contribution in [2.75, 3.05) is 11.9 Å². The van der Waals surface area contributed by atoms with Gasteiger partial charge in [-0.25, -0.2) is 0 Å². The minimum Gasteiger partial charge on any atom is -0.481 e. The summed E-state index contributed by atoms with van der Waals surface area (Å²) < 4.78 is 6.35. The number of rotatable bonds is 2. The normalized spacial score (nSPS) is 35.3. The van der Waals surface area contributed by atoms with Gasteiger partial charge in [-0.3, -0.25) is 9.59 Å². The van der Waals surface area contributed by atoms with Crippen molar-refractivity contribution in [3.8, 4) is 5.75 Å². The van der Waals surface area contributed by atoms with Crippen LogP contribution in [0.1, 0.15) is 58.1 Å². The van der Waals surface area contributed by atoms with Crippen LogP contribution in [-0.2, 0) is 15.2 Å². The number of fused-ring (bicyclic) bond motifs is 8. The van der Waals surface area contributed by atoms with E-state index in [9.17, 15) is 14.7 Å². The maximum Gasteiger partial charge on any atom is 0.248 e.